The zero-order valence-corrected chi connectivity index (χ0v) is 19.2. The molecule has 0 unspecified atom stereocenters. The van der Waals surface area contributed by atoms with E-state index in [1.54, 1.807) is 42.5 Å². The Labute approximate surface area is 196 Å². The molecule has 0 saturated heterocycles. The Morgan fingerprint density at radius 3 is 2.39 bits per heavy atom. The Balaban J connectivity index is 1.56. The minimum Gasteiger partial charge on any atom is -0.493 e. The summed E-state index contributed by atoms with van der Waals surface area (Å²) in [6, 6.07) is 17.0. The maximum absolute atomic E-state index is 12.3. The van der Waals surface area contributed by atoms with Crippen LogP contribution in [0.15, 0.2) is 65.8 Å². The van der Waals surface area contributed by atoms with Crippen LogP contribution in [0.3, 0.4) is 0 Å². The van der Waals surface area contributed by atoms with Gasteiger partial charge in [0.05, 0.1) is 18.9 Å². The van der Waals surface area contributed by atoms with Gasteiger partial charge in [-0.15, -0.1) is 0 Å². The van der Waals surface area contributed by atoms with E-state index in [-0.39, 0.29) is 12.4 Å². The molecule has 0 aromatic heterocycles. The molecule has 33 heavy (non-hydrogen) atoms. The fourth-order valence-electron chi connectivity index (χ4n) is 2.91. The Kier molecular flexibility index (Phi) is 8.05. The van der Waals surface area contributed by atoms with Gasteiger partial charge in [0, 0.05) is 5.02 Å². The molecule has 0 spiro atoms. The molecule has 1 amide bonds. The van der Waals surface area contributed by atoms with E-state index in [0.29, 0.717) is 27.6 Å². The maximum Gasteiger partial charge on any atom is 0.343 e. The summed E-state index contributed by atoms with van der Waals surface area (Å²) in [5.74, 6) is 0.300. The van der Waals surface area contributed by atoms with Crippen molar-refractivity contribution in [1.29, 1.82) is 0 Å². The van der Waals surface area contributed by atoms with Gasteiger partial charge in [-0.25, -0.2) is 10.2 Å². The topological polar surface area (TPSA) is 86.2 Å². The van der Waals surface area contributed by atoms with Crippen LogP contribution in [0.5, 0.6) is 17.2 Å². The molecule has 8 heteroatoms. The minimum atomic E-state index is -0.539. The number of hydrogen-bond acceptors (Lipinski definition) is 6. The van der Waals surface area contributed by atoms with Crippen LogP contribution in [-0.2, 0) is 4.79 Å². The van der Waals surface area contributed by atoms with Crippen LogP contribution in [0, 0.1) is 13.8 Å². The molecule has 0 bridgehead atoms. The van der Waals surface area contributed by atoms with E-state index in [9.17, 15) is 9.59 Å². The lowest BCUT2D eigenvalue weighted by atomic mass is 10.1. The van der Waals surface area contributed by atoms with E-state index in [4.69, 9.17) is 25.8 Å². The van der Waals surface area contributed by atoms with Crippen molar-refractivity contribution in [3.8, 4) is 17.2 Å². The van der Waals surface area contributed by atoms with Crippen LogP contribution < -0.4 is 19.6 Å². The molecule has 3 rings (SSSR count). The molecule has 3 aromatic carbocycles. The van der Waals surface area contributed by atoms with Gasteiger partial charge in [-0.1, -0.05) is 29.3 Å². The van der Waals surface area contributed by atoms with Gasteiger partial charge in [-0.3, -0.25) is 4.79 Å². The molecular weight excluding hydrogens is 444 g/mol. The van der Waals surface area contributed by atoms with Gasteiger partial charge in [0.25, 0.3) is 5.91 Å². The van der Waals surface area contributed by atoms with E-state index in [1.165, 1.54) is 13.3 Å². The third kappa shape index (κ3) is 6.82. The van der Waals surface area contributed by atoms with Gasteiger partial charge in [-0.05, 0) is 73.5 Å². The largest absolute Gasteiger partial charge is 0.493 e. The number of hydrogen-bond donors (Lipinski definition) is 1. The Morgan fingerprint density at radius 2 is 1.70 bits per heavy atom. The Bertz CT molecular complexity index is 1180. The van der Waals surface area contributed by atoms with E-state index in [1.807, 2.05) is 32.0 Å². The molecule has 170 valence electrons. The standard InChI is InChI=1S/C25H23ClN2O5/c1-16-4-10-21(17(2)12-16)32-15-24(29)28-27-14-18-5-11-22(23(13-18)31-3)33-25(30)19-6-8-20(26)9-7-19/h4-14H,15H2,1-3H3,(H,28,29). The van der Waals surface area contributed by atoms with Crippen LogP contribution in [-0.4, -0.2) is 31.8 Å². The number of rotatable bonds is 8. The fraction of sp³-hybridized carbons (Fsp3) is 0.160. The first-order valence-corrected chi connectivity index (χ1v) is 10.4. The Hall–Kier alpha value is -3.84. The fourth-order valence-corrected chi connectivity index (χ4v) is 3.04. The number of aryl methyl sites for hydroxylation is 2. The summed E-state index contributed by atoms with van der Waals surface area (Å²) in [5, 5.41) is 4.46. The number of halogens is 1. The van der Waals surface area contributed by atoms with E-state index < -0.39 is 11.9 Å². The zero-order valence-electron chi connectivity index (χ0n) is 18.4. The summed E-state index contributed by atoms with van der Waals surface area (Å²) in [4.78, 5) is 24.3. The van der Waals surface area contributed by atoms with Crippen molar-refractivity contribution in [2.75, 3.05) is 13.7 Å². The second-order valence-corrected chi connectivity index (χ2v) is 7.59. The first kappa shape index (κ1) is 23.8. The second-order valence-electron chi connectivity index (χ2n) is 7.16. The monoisotopic (exact) mass is 466 g/mol. The Morgan fingerprint density at radius 1 is 0.970 bits per heavy atom. The number of esters is 1. The predicted molar refractivity (Wildman–Crippen MR) is 127 cm³/mol. The summed E-state index contributed by atoms with van der Waals surface area (Å²) < 4.78 is 16.2. The van der Waals surface area contributed by atoms with Gasteiger partial charge in [0.2, 0.25) is 0 Å². The lowest BCUT2D eigenvalue weighted by Crippen LogP contribution is -2.24. The third-order valence-corrected chi connectivity index (χ3v) is 4.81. The highest BCUT2D eigenvalue weighted by Crippen LogP contribution is 2.28. The number of hydrazone groups is 1. The van der Waals surface area contributed by atoms with Crippen LogP contribution in [0.1, 0.15) is 27.0 Å². The molecule has 7 nitrogen and oxygen atoms in total. The SMILES string of the molecule is COc1cc(C=NNC(=O)COc2ccc(C)cc2C)ccc1OC(=O)c1ccc(Cl)cc1. The second kappa shape index (κ2) is 11.2. The zero-order chi connectivity index (χ0) is 23.8. The quantitative estimate of drug-likeness (QED) is 0.225. The first-order chi connectivity index (χ1) is 15.9. The summed E-state index contributed by atoms with van der Waals surface area (Å²) in [5.41, 5.74) is 5.48. The van der Waals surface area contributed by atoms with Gasteiger partial charge in [0.1, 0.15) is 5.75 Å². The summed E-state index contributed by atoms with van der Waals surface area (Å²) in [7, 11) is 1.46. The van der Waals surface area contributed by atoms with Gasteiger partial charge in [-0.2, -0.15) is 5.10 Å². The number of carbonyl (C=O) groups excluding carboxylic acids is 2. The van der Waals surface area contributed by atoms with E-state index >= 15 is 0 Å². The molecule has 0 atom stereocenters. The summed E-state index contributed by atoms with van der Waals surface area (Å²) >= 11 is 5.84. The van der Waals surface area contributed by atoms with Crippen LogP contribution >= 0.6 is 11.6 Å². The van der Waals surface area contributed by atoms with Crippen LogP contribution in [0.2, 0.25) is 5.02 Å². The van der Waals surface area contributed by atoms with Crippen molar-refractivity contribution in [2.24, 2.45) is 5.10 Å². The molecule has 0 aliphatic carbocycles. The molecule has 3 aromatic rings. The average Bonchev–Trinajstić information content (AvgIpc) is 2.79. The van der Waals surface area contributed by atoms with Crippen LogP contribution in [0.25, 0.3) is 0 Å². The minimum absolute atomic E-state index is 0.163. The van der Waals surface area contributed by atoms with Crippen LogP contribution in [0.4, 0.5) is 0 Å². The molecular formula is C25H23ClN2O5. The molecule has 0 fully saturated rings. The first-order valence-electron chi connectivity index (χ1n) is 10.0. The smallest absolute Gasteiger partial charge is 0.343 e. The number of ether oxygens (including phenoxy) is 3. The lowest BCUT2D eigenvalue weighted by molar-refractivity contribution is -0.123. The molecule has 0 radical (unpaired) electrons. The third-order valence-electron chi connectivity index (χ3n) is 4.56. The van der Waals surface area contributed by atoms with Gasteiger partial charge < -0.3 is 14.2 Å². The van der Waals surface area contributed by atoms with Crippen molar-refractivity contribution in [3.63, 3.8) is 0 Å². The average molecular weight is 467 g/mol. The van der Waals surface area contributed by atoms with Crippen molar-refractivity contribution < 1.29 is 23.8 Å². The highest BCUT2D eigenvalue weighted by molar-refractivity contribution is 6.30. The predicted octanol–water partition coefficient (Wildman–Crippen LogP) is 4.71. The number of methoxy groups -OCH3 is 1. The van der Waals surface area contributed by atoms with Gasteiger partial charge >= 0.3 is 5.97 Å². The highest BCUT2D eigenvalue weighted by Gasteiger charge is 2.13. The number of nitrogens with one attached hydrogen (secondary N) is 1. The maximum atomic E-state index is 12.3. The van der Waals surface area contributed by atoms with Crippen molar-refractivity contribution in [2.45, 2.75) is 13.8 Å². The van der Waals surface area contributed by atoms with E-state index in [2.05, 4.69) is 10.5 Å². The number of amides is 1. The lowest BCUT2D eigenvalue weighted by Gasteiger charge is -2.10. The normalized spacial score (nSPS) is 10.7. The summed E-state index contributed by atoms with van der Waals surface area (Å²) in [6.07, 6.45) is 1.45. The van der Waals surface area contributed by atoms with E-state index in [0.717, 1.165) is 11.1 Å². The number of benzene rings is 3. The van der Waals surface area contributed by atoms with Crippen molar-refractivity contribution >= 4 is 29.7 Å². The van der Waals surface area contributed by atoms with Gasteiger partial charge in [0.15, 0.2) is 18.1 Å². The molecule has 0 aliphatic rings. The summed E-state index contributed by atoms with van der Waals surface area (Å²) in [6.45, 7) is 3.75. The molecule has 0 aliphatic heterocycles. The molecule has 0 heterocycles. The van der Waals surface area contributed by atoms with Crippen molar-refractivity contribution in [1.82, 2.24) is 5.43 Å². The molecule has 1 N–H and O–H groups in total. The van der Waals surface area contributed by atoms with Crippen molar-refractivity contribution in [3.05, 3.63) is 87.9 Å². The molecule has 0 saturated carbocycles. The number of nitrogens with zero attached hydrogens (tertiary/aromatic N) is 1. The highest BCUT2D eigenvalue weighted by atomic mass is 35.5. The number of carbonyl (C=O) groups is 2.